The molecule has 1 N–H and O–H groups in total. The highest BCUT2D eigenvalue weighted by atomic mass is 16.5. The van der Waals surface area contributed by atoms with Crippen LogP contribution in [0.2, 0.25) is 0 Å². The van der Waals surface area contributed by atoms with E-state index < -0.39 is 0 Å². The summed E-state index contributed by atoms with van der Waals surface area (Å²) in [6.45, 7) is 8.84. The maximum atomic E-state index is 13.4. The van der Waals surface area contributed by atoms with Gasteiger partial charge in [-0.15, -0.1) is 0 Å². The van der Waals surface area contributed by atoms with Crippen molar-refractivity contribution < 1.29 is 9.53 Å². The molecule has 1 heterocycles. The molecule has 1 atom stereocenters. The summed E-state index contributed by atoms with van der Waals surface area (Å²) in [5.74, 6) is 0.863. The van der Waals surface area contributed by atoms with Crippen LogP contribution in [0.15, 0.2) is 42.7 Å². The number of anilines is 1. The zero-order valence-corrected chi connectivity index (χ0v) is 18.7. The lowest BCUT2D eigenvalue weighted by atomic mass is 9.92. The normalized spacial score (nSPS) is 15.6. The van der Waals surface area contributed by atoms with Gasteiger partial charge in [0.25, 0.3) is 5.91 Å². The molecule has 0 radical (unpaired) electrons. The molecule has 1 fully saturated rings. The van der Waals surface area contributed by atoms with Gasteiger partial charge in [0.1, 0.15) is 12.4 Å². The standard InChI is InChI=1S/C25H35N3O2/c1-18(2)28(23-8-6-5-7-9-23)25(29)21-14-19(3)15-24(16-21)30-17-20(4)27-22-10-12-26-13-11-22/h10-16,18,20,23H,5-9,17H2,1-4H3,(H,26,27)/t20-/m0/s1. The number of hydrogen-bond donors (Lipinski definition) is 1. The van der Waals surface area contributed by atoms with Gasteiger partial charge < -0.3 is 15.0 Å². The summed E-state index contributed by atoms with van der Waals surface area (Å²) in [5, 5.41) is 3.40. The lowest BCUT2D eigenvalue weighted by molar-refractivity contribution is 0.0555. The first kappa shape index (κ1) is 22.1. The third kappa shape index (κ3) is 5.97. The third-order valence-electron chi connectivity index (χ3n) is 5.65. The van der Waals surface area contributed by atoms with Gasteiger partial charge in [0.15, 0.2) is 0 Å². The van der Waals surface area contributed by atoms with Gasteiger partial charge in [0, 0.05) is 35.7 Å². The number of pyridine rings is 1. The Labute approximate surface area is 180 Å². The van der Waals surface area contributed by atoms with Crippen molar-refractivity contribution >= 4 is 11.6 Å². The highest BCUT2D eigenvalue weighted by molar-refractivity contribution is 5.95. The van der Waals surface area contributed by atoms with Gasteiger partial charge in [-0.05, 0) is 76.4 Å². The third-order valence-corrected chi connectivity index (χ3v) is 5.65. The van der Waals surface area contributed by atoms with E-state index in [0.29, 0.717) is 12.6 Å². The van der Waals surface area contributed by atoms with Crippen LogP contribution < -0.4 is 10.1 Å². The molecule has 0 unspecified atom stereocenters. The quantitative estimate of drug-likeness (QED) is 0.630. The van der Waals surface area contributed by atoms with Crippen molar-refractivity contribution in [1.29, 1.82) is 0 Å². The Morgan fingerprint density at radius 2 is 1.83 bits per heavy atom. The van der Waals surface area contributed by atoms with Gasteiger partial charge in [-0.3, -0.25) is 9.78 Å². The number of carbonyl (C=O) groups is 1. The van der Waals surface area contributed by atoms with Crippen molar-refractivity contribution in [3.05, 3.63) is 53.9 Å². The molecule has 1 aliphatic carbocycles. The van der Waals surface area contributed by atoms with Crippen molar-refractivity contribution in [2.24, 2.45) is 0 Å². The number of amides is 1. The summed E-state index contributed by atoms with van der Waals surface area (Å²) in [4.78, 5) is 19.5. The average Bonchev–Trinajstić information content (AvgIpc) is 2.73. The number of ether oxygens (including phenoxy) is 1. The smallest absolute Gasteiger partial charge is 0.254 e. The van der Waals surface area contributed by atoms with Gasteiger partial charge in [-0.25, -0.2) is 0 Å². The summed E-state index contributed by atoms with van der Waals surface area (Å²) in [7, 11) is 0. The van der Waals surface area contributed by atoms with E-state index in [-0.39, 0.29) is 18.0 Å². The van der Waals surface area contributed by atoms with Crippen LogP contribution in [0.3, 0.4) is 0 Å². The summed E-state index contributed by atoms with van der Waals surface area (Å²) >= 11 is 0. The number of nitrogens with zero attached hydrogens (tertiary/aromatic N) is 2. The molecule has 30 heavy (non-hydrogen) atoms. The predicted molar refractivity (Wildman–Crippen MR) is 122 cm³/mol. The summed E-state index contributed by atoms with van der Waals surface area (Å²) in [6.07, 6.45) is 9.46. The minimum Gasteiger partial charge on any atom is -0.491 e. The average molecular weight is 410 g/mol. The van der Waals surface area contributed by atoms with E-state index in [0.717, 1.165) is 35.4 Å². The summed E-state index contributed by atoms with van der Waals surface area (Å²) < 4.78 is 6.05. The van der Waals surface area contributed by atoms with Gasteiger partial charge >= 0.3 is 0 Å². The van der Waals surface area contributed by atoms with Crippen LogP contribution in [-0.2, 0) is 0 Å². The summed E-state index contributed by atoms with van der Waals surface area (Å²) in [6, 6.07) is 10.4. The molecule has 0 aliphatic heterocycles. The Balaban J connectivity index is 1.68. The van der Waals surface area contributed by atoms with Crippen molar-refractivity contribution in [3.8, 4) is 5.75 Å². The molecule has 2 aromatic rings. The predicted octanol–water partition coefficient (Wildman–Crippen LogP) is 5.45. The van der Waals surface area contributed by atoms with E-state index in [2.05, 4.69) is 36.0 Å². The molecule has 1 saturated carbocycles. The molecule has 1 aromatic carbocycles. The second-order valence-electron chi connectivity index (χ2n) is 8.73. The monoisotopic (exact) mass is 409 g/mol. The fourth-order valence-electron chi connectivity index (χ4n) is 4.28. The Kier molecular flexibility index (Phi) is 7.72. The molecule has 3 rings (SSSR count). The van der Waals surface area contributed by atoms with Crippen molar-refractivity contribution in [2.45, 2.75) is 77.9 Å². The highest BCUT2D eigenvalue weighted by Gasteiger charge is 2.28. The van der Waals surface area contributed by atoms with Crippen LogP contribution >= 0.6 is 0 Å². The molecule has 0 saturated heterocycles. The second kappa shape index (κ2) is 10.5. The van der Waals surface area contributed by atoms with E-state index in [4.69, 9.17) is 4.74 Å². The van der Waals surface area contributed by atoms with Crippen LogP contribution in [0.1, 0.15) is 68.8 Å². The summed E-state index contributed by atoms with van der Waals surface area (Å²) in [5.41, 5.74) is 2.78. The van der Waals surface area contributed by atoms with Crippen LogP contribution in [0.4, 0.5) is 5.69 Å². The van der Waals surface area contributed by atoms with Crippen LogP contribution in [0.25, 0.3) is 0 Å². The molecule has 1 aromatic heterocycles. The molecule has 5 heteroatoms. The Morgan fingerprint density at radius 3 is 2.50 bits per heavy atom. The molecule has 1 aliphatic rings. The van der Waals surface area contributed by atoms with E-state index in [1.165, 1.54) is 19.3 Å². The number of nitrogens with one attached hydrogen (secondary N) is 1. The molecular formula is C25H35N3O2. The highest BCUT2D eigenvalue weighted by Crippen LogP contribution is 2.27. The first-order valence-electron chi connectivity index (χ1n) is 11.2. The zero-order chi connectivity index (χ0) is 21.5. The van der Waals surface area contributed by atoms with E-state index in [1.807, 2.05) is 37.3 Å². The number of benzene rings is 1. The largest absolute Gasteiger partial charge is 0.491 e. The molecule has 1 amide bonds. The van der Waals surface area contributed by atoms with Gasteiger partial charge in [-0.1, -0.05) is 19.3 Å². The molecular weight excluding hydrogens is 374 g/mol. The van der Waals surface area contributed by atoms with Gasteiger partial charge in [0.2, 0.25) is 0 Å². The SMILES string of the molecule is Cc1cc(OC[C@H](C)Nc2ccncc2)cc(C(=O)N(C(C)C)C2CCCCC2)c1. The van der Waals surface area contributed by atoms with Crippen LogP contribution in [0, 0.1) is 6.92 Å². The fourth-order valence-corrected chi connectivity index (χ4v) is 4.28. The van der Waals surface area contributed by atoms with Crippen molar-refractivity contribution in [1.82, 2.24) is 9.88 Å². The fraction of sp³-hybridized carbons (Fsp3) is 0.520. The maximum Gasteiger partial charge on any atom is 0.254 e. The number of hydrogen-bond acceptors (Lipinski definition) is 4. The Morgan fingerprint density at radius 1 is 1.13 bits per heavy atom. The molecule has 162 valence electrons. The van der Waals surface area contributed by atoms with E-state index in [1.54, 1.807) is 12.4 Å². The van der Waals surface area contributed by atoms with Crippen LogP contribution in [-0.4, -0.2) is 40.5 Å². The lowest BCUT2D eigenvalue weighted by Gasteiger charge is -2.37. The minimum absolute atomic E-state index is 0.119. The number of carbonyl (C=O) groups excluding carboxylic acids is 1. The molecule has 5 nitrogen and oxygen atoms in total. The molecule has 0 bridgehead atoms. The Hall–Kier alpha value is -2.56. The van der Waals surface area contributed by atoms with Crippen molar-refractivity contribution in [2.75, 3.05) is 11.9 Å². The Bertz CT molecular complexity index is 816. The first-order chi connectivity index (χ1) is 14.4. The minimum atomic E-state index is 0.119. The van der Waals surface area contributed by atoms with Crippen molar-refractivity contribution in [3.63, 3.8) is 0 Å². The van der Waals surface area contributed by atoms with Gasteiger partial charge in [0.05, 0.1) is 6.04 Å². The van der Waals surface area contributed by atoms with E-state index in [9.17, 15) is 4.79 Å². The number of aryl methyl sites for hydroxylation is 1. The lowest BCUT2D eigenvalue weighted by Crippen LogP contribution is -2.45. The molecule has 0 spiro atoms. The number of rotatable bonds is 8. The number of aromatic nitrogens is 1. The van der Waals surface area contributed by atoms with Crippen LogP contribution in [0.5, 0.6) is 5.75 Å². The zero-order valence-electron chi connectivity index (χ0n) is 18.7. The van der Waals surface area contributed by atoms with E-state index >= 15 is 0 Å². The maximum absolute atomic E-state index is 13.4. The topological polar surface area (TPSA) is 54.5 Å². The van der Waals surface area contributed by atoms with Gasteiger partial charge in [-0.2, -0.15) is 0 Å². The second-order valence-corrected chi connectivity index (χ2v) is 8.73. The first-order valence-corrected chi connectivity index (χ1v) is 11.2.